The van der Waals surface area contributed by atoms with Gasteiger partial charge in [0.15, 0.2) is 0 Å². The third kappa shape index (κ3) is 1.41. The molecule has 1 heterocycles. The van der Waals surface area contributed by atoms with Gasteiger partial charge >= 0.3 is 0 Å². The van der Waals surface area contributed by atoms with Gasteiger partial charge in [-0.25, -0.2) is 9.37 Å². The summed E-state index contributed by atoms with van der Waals surface area (Å²) in [6, 6.07) is 4.75. The van der Waals surface area contributed by atoms with Crippen molar-refractivity contribution < 1.29 is 4.39 Å². The first-order valence-electron chi connectivity index (χ1n) is 4.44. The third-order valence-electron chi connectivity index (χ3n) is 2.24. The molecule has 0 saturated heterocycles. The Kier molecular flexibility index (Phi) is 2.08. The minimum Gasteiger partial charge on any atom is -0.303 e. The molecule has 0 amide bonds. The molecule has 2 aromatic rings. The van der Waals surface area contributed by atoms with E-state index in [1.165, 1.54) is 12.1 Å². The van der Waals surface area contributed by atoms with Gasteiger partial charge in [0.2, 0.25) is 0 Å². The molecule has 0 spiro atoms. The number of halogens is 1. The van der Waals surface area contributed by atoms with Crippen molar-refractivity contribution in [1.29, 1.82) is 0 Å². The fraction of sp³-hybridized carbons (Fsp3) is 0.182. The number of benzene rings is 1. The predicted octanol–water partition coefficient (Wildman–Crippen LogP) is 2.63. The molecule has 0 aliphatic heterocycles. The summed E-state index contributed by atoms with van der Waals surface area (Å²) in [7, 11) is 0. The summed E-state index contributed by atoms with van der Waals surface area (Å²) in [5, 5.41) is 0. The lowest BCUT2D eigenvalue weighted by Crippen LogP contribution is -1.97. The summed E-state index contributed by atoms with van der Waals surface area (Å²) in [5.74, 6) is -0.205. The van der Waals surface area contributed by atoms with Gasteiger partial charge in [0.1, 0.15) is 5.82 Å². The first-order valence-corrected chi connectivity index (χ1v) is 4.44. The van der Waals surface area contributed by atoms with Crippen LogP contribution in [0.2, 0.25) is 0 Å². The highest BCUT2D eigenvalue weighted by Crippen LogP contribution is 2.16. The van der Waals surface area contributed by atoms with Crippen molar-refractivity contribution in [1.82, 2.24) is 9.55 Å². The highest BCUT2D eigenvalue weighted by atomic mass is 19.1. The molecule has 0 saturated carbocycles. The first kappa shape index (κ1) is 8.94. The third-order valence-corrected chi connectivity index (χ3v) is 2.24. The highest BCUT2D eigenvalue weighted by Gasteiger charge is 2.03. The van der Waals surface area contributed by atoms with Crippen molar-refractivity contribution >= 4 is 0 Å². The summed E-state index contributed by atoms with van der Waals surface area (Å²) in [4.78, 5) is 4.03. The Morgan fingerprint density at radius 3 is 2.64 bits per heavy atom. The molecule has 14 heavy (non-hydrogen) atoms. The van der Waals surface area contributed by atoms with Crippen molar-refractivity contribution in [3.63, 3.8) is 0 Å². The molecule has 3 heteroatoms. The SMILES string of the molecule is Cc1cc(F)ccc1-n1cncc1C. The van der Waals surface area contributed by atoms with Gasteiger partial charge in [-0.1, -0.05) is 0 Å². The van der Waals surface area contributed by atoms with Crippen LogP contribution in [0.1, 0.15) is 11.3 Å². The van der Waals surface area contributed by atoms with E-state index in [2.05, 4.69) is 4.98 Å². The minimum absolute atomic E-state index is 0.205. The molecule has 0 unspecified atom stereocenters. The maximum atomic E-state index is 12.9. The molecule has 1 aromatic heterocycles. The van der Waals surface area contributed by atoms with E-state index in [1.54, 1.807) is 18.6 Å². The molecule has 0 aliphatic carbocycles. The van der Waals surface area contributed by atoms with Crippen LogP contribution in [-0.4, -0.2) is 9.55 Å². The van der Waals surface area contributed by atoms with E-state index in [4.69, 9.17) is 0 Å². The standard InChI is InChI=1S/C11H11FN2/c1-8-5-10(12)3-4-11(8)14-7-13-6-9(14)2/h3-7H,1-2H3. The number of rotatable bonds is 1. The van der Waals surface area contributed by atoms with E-state index < -0.39 is 0 Å². The van der Waals surface area contributed by atoms with Crippen molar-refractivity contribution in [2.75, 3.05) is 0 Å². The monoisotopic (exact) mass is 190 g/mol. The molecule has 1 aromatic carbocycles. The van der Waals surface area contributed by atoms with E-state index in [9.17, 15) is 4.39 Å². The fourth-order valence-electron chi connectivity index (χ4n) is 1.50. The Morgan fingerprint density at radius 1 is 1.29 bits per heavy atom. The molecule has 0 aliphatic rings. The lowest BCUT2D eigenvalue weighted by Gasteiger charge is -2.08. The zero-order valence-corrected chi connectivity index (χ0v) is 8.16. The Morgan fingerprint density at radius 2 is 2.07 bits per heavy atom. The van der Waals surface area contributed by atoms with Crippen molar-refractivity contribution in [2.45, 2.75) is 13.8 Å². The van der Waals surface area contributed by atoms with Crippen LogP contribution < -0.4 is 0 Å². The van der Waals surface area contributed by atoms with Gasteiger partial charge in [-0.3, -0.25) is 0 Å². The lowest BCUT2D eigenvalue weighted by atomic mass is 10.2. The molecule has 2 rings (SSSR count). The second-order valence-electron chi connectivity index (χ2n) is 3.34. The van der Waals surface area contributed by atoms with Gasteiger partial charge < -0.3 is 4.57 Å². The molecule has 0 fully saturated rings. The van der Waals surface area contributed by atoms with Crippen LogP contribution in [0.5, 0.6) is 0 Å². The normalized spacial score (nSPS) is 10.5. The van der Waals surface area contributed by atoms with Crippen LogP contribution in [0.15, 0.2) is 30.7 Å². The number of hydrogen-bond acceptors (Lipinski definition) is 1. The predicted molar refractivity (Wildman–Crippen MR) is 53.0 cm³/mol. The van der Waals surface area contributed by atoms with Gasteiger partial charge in [0.05, 0.1) is 6.33 Å². The van der Waals surface area contributed by atoms with E-state index in [-0.39, 0.29) is 5.82 Å². The number of aromatic nitrogens is 2. The molecule has 2 nitrogen and oxygen atoms in total. The van der Waals surface area contributed by atoms with E-state index in [0.717, 1.165) is 16.9 Å². The highest BCUT2D eigenvalue weighted by molar-refractivity contribution is 5.41. The lowest BCUT2D eigenvalue weighted by molar-refractivity contribution is 0.626. The Bertz CT molecular complexity index is 460. The Labute approximate surface area is 82.0 Å². The first-order chi connectivity index (χ1) is 6.68. The molecule has 0 atom stereocenters. The van der Waals surface area contributed by atoms with Crippen LogP contribution in [-0.2, 0) is 0 Å². The maximum absolute atomic E-state index is 12.9. The number of nitrogens with zero attached hydrogens (tertiary/aromatic N) is 2. The van der Waals surface area contributed by atoms with Crippen LogP contribution in [0.4, 0.5) is 4.39 Å². The van der Waals surface area contributed by atoms with Crippen LogP contribution in [0, 0.1) is 19.7 Å². The largest absolute Gasteiger partial charge is 0.303 e. The van der Waals surface area contributed by atoms with Crippen molar-refractivity contribution in [3.05, 3.63) is 47.8 Å². The average Bonchev–Trinajstić information content (AvgIpc) is 2.52. The zero-order valence-electron chi connectivity index (χ0n) is 8.16. The minimum atomic E-state index is -0.205. The molecule has 0 radical (unpaired) electrons. The van der Waals surface area contributed by atoms with Gasteiger partial charge in [0, 0.05) is 17.6 Å². The molecular weight excluding hydrogens is 179 g/mol. The van der Waals surface area contributed by atoms with Gasteiger partial charge in [-0.05, 0) is 37.6 Å². The van der Waals surface area contributed by atoms with E-state index in [0.29, 0.717) is 0 Å². The Balaban J connectivity index is 2.58. The summed E-state index contributed by atoms with van der Waals surface area (Å²) in [6.45, 7) is 3.85. The summed E-state index contributed by atoms with van der Waals surface area (Å²) in [6.07, 6.45) is 3.51. The van der Waals surface area contributed by atoms with Gasteiger partial charge in [0.25, 0.3) is 0 Å². The fourth-order valence-corrected chi connectivity index (χ4v) is 1.50. The van der Waals surface area contributed by atoms with Crippen LogP contribution in [0.25, 0.3) is 5.69 Å². The van der Waals surface area contributed by atoms with E-state index >= 15 is 0 Å². The molecule has 0 bridgehead atoms. The second-order valence-corrected chi connectivity index (χ2v) is 3.34. The number of aryl methyl sites for hydroxylation is 2. The molecule has 0 N–H and O–H groups in total. The summed E-state index contributed by atoms with van der Waals surface area (Å²) in [5.41, 5.74) is 2.92. The maximum Gasteiger partial charge on any atom is 0.123 e. The quantitative estimate of drug-likeness (QED) is 0.676. The van der Waals surface area contributed by atoms with Crippen molar-refractivity contribution in [2.24, 2.45) is 0 Å². The zero-order chi connectivity index (χ0) is 10.1. The summed E-state index contributed by atoms with van der Waals surface area (Å²) >= 11 is 0. The topological polar surface area (TPSA) is 17.8 Å². The second kappa shape index (κ2) is 3.25. The number of imidazole rings is 1. The number of hydrogen-bond donors (Lipinski definition) is 0. The van der Waals surface area contributed by atoms with Crippen molar-refractivity contribution in [3.8, 4) is 5.69 Å². The Hall–Kier alpha value is -1.64. The van der Waals surface area contributed by atoms with Crippen LogP contribution >= 0.6 is 0 Å². The van der Waals surface area contributed by atoms with Crippen LogP contribution in [0.3, 0.4) is 0 Å². The summed E-state index contributed by atoms with van der Waals surface area (Å²) < 4.78 is 14.8. The molecule has 72 valence electrons. The van der Waals surface area contributed by atoms with Gasteiger partial charge in [-0.2, -0.15) is 0 Å². The average molecular weight is 190 g/mol. The smallest absolute Gasteiger partial charge is 0.123 e. The van der Waals surface area contributed by atoms with E-state index in [1.807, 2.05) is 18.4 Å². The molecular formula is C11H11FN2. The van der Waals surface area contributed by atoms with Gasteiger partial charge in [-0.15, -0.1) is 0 Å².